The molecule has 2 fully saturated rings. The number of amides is 2. The van der Waals surface area contributed by atoms with Crippen molar-refractivity contribution in [3.05, 3.63) is 18.2 Å². The predicted octanol–water partition coefficient (Wildman–Crippen LogP) is 2.09. The van der Waals surface area contributed by atoms with Gasteiger partial charge in [0, 0.05) is 39.0 Å². The van der Waals surface area contributed by atoms with E-state index in [9.17, 15) is 9.59 Å². The Labute approximate surface area is 184 Å². The monoisotopic (exact) mass is 448 g/mol. The maximum Gasteiger partial charge on any atom is 0.300 e. The van der Waals surface area contributed by atoms with Crippen LogP contribution in [-0.4, -0.2) is 65.1 Å². The Kier molecular flexibility index (Phi) is 7.45. The van der Waals surface area contributed by atoms with Crippen LogP contribution in [0.3, 0.4) is 0 Å². The minimum atomic E-state index is -0.833. The van der Waals surface area contributed by atoms with Gasteiger partial charge in [0.15, 0.2) is 5.13 Å². The van der Waals surface area contributed by atoms with Gasteiger partial charge in [-0.3, -0.25) is 19.3 Å². The molecule has 2 aliphatic heterocycles. The molecule has 2 amide bonds. The molecule has 9 nitrogen and oxygen atoms in total. The van der Waals surface area contributed by atoms with Crippen molar-refractivity contribution in [1.82, 2.24) is 9.88 Å². The van der Waals surface area contributed by atoms with Crippen LogP contribution in [0, 0.1) is 5.92 Å². The zero-order valence-electron chi connectivity index (χ0n) is 17.7. The normalized spacial score (nSPS) is 19.3. The van der Waals surface area contributed by atoms with Crippen molar-refractivity contribution in [2.75, 3.05) is 31.1 Å². The van der Waals surface area contributed by atoms with Crippen LogP contribution in [0.2, 0.25) is 0 Å². The molecule has 1 aromatic heterocycles. The highest BCUT2D eigenvalue weighted by atomic mass is 32.1. The third-order valence-corrected chi connectivity index (χ3v) is 6.26. The van der Waals surface area contributed by atoms with Crippen LogP contribution < -0.4 is 15.4 Å². The second-order valence-corrected chi connectivity index (χ2v) is 8.66. The SMILES string of the molecule is CC(=O)O.CCOc1ccc2nc(N3CC(C(=O)N4CCC(N)CC4)CC3=O)sc2c1. The van der Waals surface area contributed by atoms with E-state index in [1.165, 1.54) is 11.3 Å². The Morgan fingerprint density at radius 3 is 2.65 bits per heavy atom. The van der Waals surface area contributed by atoms with Gasteiger partial charge < -0.3 is 20.5 Å². The van der Waals surface area contributed by atoms with Crippen molar-refractivity contribution in [1.29, 1.82) is 0 Å². The van der Waals surface area contributed by atoms with Gasteiger partial charge in [-0.05, 0) is 38.0 Å². The van der Waals surface area contributed by atoms with Crippen LogP contribution in [0.1, 0.15) is 33.1 Å². The summed E-state index contributed by atoms with van der Waals surface area (Å²) < 4.78 is 6.51. The zero-order valence-corrected chi connectivity index (χ0v) is 18.6. The number of carbonyl (C=O) groups excluding carboxylic acids is 2. The summed E-state index contributed by atoms with van der Waals surface area (Å²) in [6.45, 7) is 5.40. The first-order valence-electron chi connectivity index (χ1n) is 10.4. The summed E-state index contributed by atoms with van der Waals surface area (Å²) in [7, 11) is 0. The number of nitrogens with two attached hydrogens (primary N) is 1. The fourth-order valence-corrected chi connectivity index (χ4v) is 4.72. The molecule has 4 rings (SSSR count). The van der Waals surface area contributed by atoms with Crippen LogP contribution in [0.25, 0.3) is 10.2 Å². The molecule has 1 atom stereocenters. The Morgan fingerprint density at radius 2 is 2.00 bits per heavy atom. The summed E-state index contributed by atoms with van der Waals surface area (Å²) in [5.41, 5.74) is 6.76. The summed E-state index contributed by atoms with van der Waals surface area (Å²) in [5, 5.41) is 8.07. The number of likely N-dealkylation sites (tertiary alicyclic amines) is 1. The molecule has 0 saturated carbocycles. The van der Waals surface area contributed by atoms with Crippen molar-refractivity contribution in [3.63, 3.8) is 0 Å². The van der Waals surface area contributed by atoms with Gasteiger partial charge in [-0.25, -0.2) is 4.98 Å². The van der Waals surface area contributed by atoms with Gasteiger partial charge in [0.2, 0.25) is 11.8 Å². The van der Waals surface area contributed by atoms with Crippen molar-refractivity contribution >= 4 is 44.5 Å². The summed E-state index contributed by atoms with van der Waals surface area (Å²) in [4.78, 5) is 42.4. The first-order valence-corrected chi connectivity index (χ1v) is 11.2. The largest absolute Gasteiger partial charge is 0.494 e. The Morgan fingerprint density at radius 1 is 1.32 bits per heavy atom. The smallest absolute Gasteiger partial charge is 0.300 e. The van der Waals surface area contributed by atoms with Gasteiger partial charge in [0.25, 0.3) is 5.97 Å². The van der Waals surface area contributed by atoms with Gasteiger partial charge in [0.05, 0.1) is 22.7 Å². The third-order valence-electron chi connectivity index (χ3n) is 5.22. The number of carbonyl (C=O) groups is 3. The number of carboxylic acids is 1. The summed E-state index contributed by atoms with van der Waals surface area (Å²) in [6, 6.07) is 5.91. The second kappa shape index (κ2) is 10.1. The molecule has 3 N–H and O–H groups in total. The van der Waals surface area contributed by atoms with Gasteiger partial charge >= 0.3 is 0 Å². The van der Waals surface area contributed by atoms with E-state index in [4.69, 9.17) is 20.4 Å². The van der Waals surface area contributed by atoms with Crippen LogP contribution in [-0.2, 0) is 14.4 Å². The molecular weight excluding hydrogens is 420 g/mol. The molecule has 2 saturated heterocycles. The highest BCUT2D eigenvalue weighted by Crippen LogP contribution is 2.35. The summed E-state index contributed by atoms with van der Waals surface area (Å²) in [5.74, 6) is -0.300. The number of aliphatic carboxylic acids is 1. The maximum atomic E-state index is 12.8. The van der Waals surface area contributed by atoms with Crippen molar-refractivity contribution in [3.8, 4) is 5.75 Å². The molecule has 0 spiro atoms. The number of aromatic nitrogens is 1. The number of carboxylic acid groups (broad SMARTS) is 1. The lowest BCUT2D eigenvalue weighted by Crippen LogP contribution is -2.45. The van der Waals surface area contributed by atoms with Gasteiger partial charge in [-0.1, -0.05) is 11.3 Å². The van der Waals surface area contributed by atoms with E-state index in [0.29, 0.717) is 31.4 Å². The van der Waals surface area contributed by atoms with Crippen LogP contribution in [0.5, 0.6) is 5.75 Å². The molecule has 1 unspecified atom stereocenters. The van der Waals surface area contributed by atoms with Gasteiger partial charge in [0.1, 0.15) is 5.75 Å². The highest BCUT2D eigenvalue weighted by Gasteiger charge is 2.39. The molecule has 31 heavy (non-hydrogen) atoms. The molecule has 0 bridgehead atoms. The number of fused-ring (bicyclic) bond motifs is 1. The lowest BCUT2D eigenvalue weighted by molar-refractivity contribution is -0.137. The van der Waals surface area contributed by atoms with Crippen molar-refractivity contribution < 1.29 is 24.2 Å². The number of rotatable bonds is 4. The molecular formula is C21H28N4O5S. The number of hydrogen-bond donors (Lipinski definition) is 2. The zero-order chi connectivity index (χ0) is 22.5. The van der Waals surface area contributed by atoms with E-state index in [-0.39, 0.29) is 30.2 Å². The van der Waals surface area contributed by atoms with Crippen LogP contribution in [0.15, 0.2) is 18.2 Å². The third kappa shape index (κ3) is 5.71. The first kappa shape index (κ1) is 23.0. The minimum Gasteiger partial charge on any atom is -0.494 e. The van der Waals surface area contributed by atoms with Crippen molar-refractivity contribution in [2.24, 2.45) is 11.7 Å². The standard InChI is InChI=1S/C19H24N4O3S.C2H4O2/c1-2-26-14-3-4-15-16(10-14)27-19(21-15)23-11-12(9-17(23)24)18(25)22-7-5-13(20)6-8-22;1-2(3)4/h3-4,10,12-13H,2,5-9,11,20H2,1H3;1H3,(H,3,4). The van der Waals surface area contributed by atoms with E-state index in [1.807, 2.05) is 30.0 Å². The molecule has 0 radical (unpaired) electrons. The van der Waals surface area contributed by atoms with Crippen molar-refractivity contribution in [2.45, 2.75) is 39.2 Å². The summed E-state index contributed by atoms with van der Waals surface area (Å²) in [6.07, 6.45) is 1.91. The number of hydrogen-bond acceptors (Lipinski definition) is 7. The molecule has 0 aliphatic carbocycles. The Hall–Kier alpha value is -2.72. The van der Waals surface area contributed by atoms with E-state index < -0.39 is 5.97 Å². The highest BCUT2D eigenvalue weighted by molar-refractivity contribution is 7.22. The lowest BCUT2D eigenvalue weighted by Gasteiger charge is -2.31. The molecule has 3 heterocycles. The molecule has 168 valence electrons. The average molecular weight is 449 g/mol. The van der Waals surface area contributed by atoms with Gasteiger partial charge in [-0.2, -0.15) is 0 Å². The Balaban J connectivity index is 0.000000628. The average Bonchev–Trinajstić information content (AvgIpc) is 3.30. The number of anilines is 1. The number of benzene rings is 1. The first-order chi connectivity index (χ1) is 14.8. The maximum absolute atomic E-state index is 12.8. The predicted molar refractivity (Wildman–Crippen MR) is 118 cm³/mol. The van der Waals surface area contributed by atoms with E-state index in [1.54, 1.807) is 4.90 Å². The number of ether oxygens (including phenoxy) is 1. The molecule has 2 aromatic rings. The van der Waals surface area contributed by atoms with Crippen LogP contribution >= 0.6 is 11.3 Å². The minimum absolute atomic E-state index is 0.0360. The van der Waals surface area contributed by atoms with E-state index >= 15 is 0 Å². The van der Waals surface area contributed by atoms with E-state index in [2.05, 4.69) is 4.98 Å². The number of nitrogens with zero attached hydrogens (tertiary/aromatic N) is 3. The second-order valence-electron chi connectivity index (χ2n) is 7.65. The molecule has 1 aromatic carbocycles. The topological polar surface area (TPSA) is 126 Å². The Bertz CT molecular complexity index is 950. The quantitative estimate of drug-likeness (QED) is 0.733. The van der Waals surface area contributed by atoms with Crippen LogP contribution in [0.4, 0.5) is 5.13 Å². The molecule has 10 heteroatoms. The lowest BCUT2D eigenvalue weighted by atomic mass is 10.0. The van der Waals surface area contributed by atoms with E-state index in [0.717, 1.165) is 35.7 Å². The summed E-state index contributed by atoms with van der Waals surface area (Å²) >= 11 is 1.46. The fourth-order valence-electron chi connectivity index (χ4n) is 3.70. The number of thiazole rings is 1. The molecule has 2 aliphatic rings. The van der Waals surface area contributed by atoms with Gasteiger partial charge in [-0.15, -0.1) is 0 Å². The fraction of sp³-hybridized carbons (Fsp3) is 0.524. The number of piperidine rings is 1.